The Morgan fingerprint density at radius 2 is 1.83 bits per heavy atom. The second kappa shape index (κ2) is 8.28. The van der Waals surface area contributed by atoms with Gasteiger partial charge >= 0.3 is 5.97 Å². The highest BCUT2D eigenvalue weighted by atomic mass is 35.5. The first-order valence-electron chi connectivity index (χ1n) is 6.73. The Morgan fingerprint density at radius 1 is 1.12 bits per heavy atom. The van der Waals surface area contributed by atoms with Gasteiger partial charge in [0.2, 0.25) is 0 Å². The molecule has 0 aromatic heterocycles. The van der Waals surface area contributed by atoms with Crippen molar-refractivity contribution in [3.05, 3.63) is 58.1 Å². The second-order valence-electron chi connectivity index (χ2n) is 4.68. The number of amides is 1. The molecular weight excluding hydrogens is 373 g/mol. The molecule has 0 unspecified atom stereocenters. The van der Waals surface area contributed by atoms with Crippen molar-refractivity contribution in [1.29, 1.82) is 0 Å². The quantitative estimate of drug-likeness (QED) is 0.798. The average Bonchev–Trinajstić information content (AvgIpc) is 2.56. The smallest absolute Gasteiger partial charge is 0.339 e. The van der Waals surface area contributed by atoms with Gasteiger partial charge in [0.1, 0.15) is 0 Å². The molecule has 0 saturated heterocycles. The molecule has 2 aromatic carbocycles. The molecule has 24 heavy (non-hydrogen) atoms. The van der Waals surface area contributed by atoms with Crippen LogP contribution in [0.3, 0.4) is 0 Å². The number of halogens is 2. The number of hydrogen-bond donors (Lipinski definition) is 1. The van der Waals surface area contributed by atoms with Gasteiger partial charge in [0.05, 0.1) is 37.0 Å². The van der Waals surface area contributed by atoms with E-state index in [4.69, 9.17) is 27.9 Å². The summed E-state index contributed by atoms with van der Waals surface area (Å²) in [6.45, 7) is -0.508. The van der Waals surface area contributed by atoms with Crippen LogP contribution in [-0.2, 0) is 20.3 Å². The molecule has 2 rings (SSSR count). The topological polar surface area (TPSA) is 72.5 Å². The van der Waals surface area contributed by atoms with Crippen molar-refractivity contribution in [1.82, 2.24) is 0 Å². The van der Waals surface area contributed by atoms with E-state index in [-0.39, 0.29) is 10.6 Å². The fraction of sp³-hybridized carbons (Fsp3) is 0.125. The van der Waals surface area contributed by atoms with Crippen molar-refractivity contribution in [2.24, 2.45) is 0 Å². The van der Waals surface area contributed by atoms with Gasteiger partial charge in [-0.25, -0.2) is 4.79 Å². The molecule has 0 aliphatic carbocycles. The van der Waals surface area contributed by atoms with Crippen LogP contribution in [0.1, 0.15) is 10.4 Å². The summed E-state index contributed by atoms with van der Waals surface area (Å²) >= 11 is 11.8. The zero-order valence-electron chi connectivity index (χ0n) is 12.5. The summed E-state index contributed by atoms with van der Waals surface area (Å²) in [6.07, 6.45) is 1.46. The van der Waals surface area contributed by atoms with Crippen LogP contribution in [0.2, 0.25) is 10.0 Å². The highest BCUT2D eigenvalue weighted by molar-refractivity contribution is 7.84. The largest absolute Gasteiger partial charge is 0.452 e. The van der Waals surface area contributed by atoms with E-state index in [2.05, 4.69) is 5.32 Å². The number of anilines is 1. The van der Waals surface area contributed by atoms with Gasteiger partial charge in [-0.05, 0) is 24.3 Å². The minimum atomic E-state index is -1.35. The molecule has 1 atom stereocenters. The Hall–Kier alpha value is -1.89. The van der Waals surface area contributed by atoms with Gasteiger partial charge in [-0.3, -0.25) is 9.00 Å². The van der Waals surface area contributed by atoms with E-state index in [0.29, 0.717) is 15.6 Å². The van der Waals surface area contributed by atoms with E-state index in [1.807, 2.05) is 0 Å². The molecule has 5 nitrogen and oxygen atoms in total. The lowest BCUT2D eigenvalue weighted by atomic mass is 10.2. The highest BCUT2D eigenvalue weighted by Crippen LogP contribution is 2.29. The zero-order chi connectivity index (χ0) is 17.7. The number of nitrogens with one attached hydrogen (secondary N) is 1. The Morgan fingerprint density at radius 3 is 2.54 bits per heavy atom. The summed E-state index contributed by atoms with van der Waals surface area (Å²) in [5.74, 6) is -1.30. The number of hydrogen-bond acceptors (Lipinski definition) is 4. The molecular formula is C16H13Cl2NO4S. The summed E-state index contributed by atoms with van der Waals surface area (Å²) in [7, 11) is -1.35. The summed E-state index contributed by atoms with van der Waals surface area (Å²) in [4.78, 5) is 24.3. The van der Waals surface area contributed by atoms with Gasteiger partial charge in [-0.2, -0.15) is 0 Å². The first-order chi connectivity index (χ1) is 11.4. The van der Waals surface area contributed by atoms with Gasteiger partial charge in [0.15, 0.2) is 6.61 Å². The average molecular weight is 386 g/mol. The molecule has 0 fully saturated rings. The molecule has 0 saturated carbocycles. The van der Waals surface area contributed by atoms with Crippen molar-refractivity contribution in [3.63, 3.8) is 0 Å². The van der Waals surface area contributed by atoms with Gasteiger partial charge in [0, 0.05) is 6.26 Å². The van der Waals surface area contributed by atoms with E-state index in [9.17, 15) is 13.8 Å². The molecule has 0 heterocycles. The fourth-order valence-corrected chi connectivity index (χ4v) is 2.96. The zero-order valence-corrected chi connectivity index (χ0v) is 14.9. The van der Waals surface area contributed by atoms with E-state index in [1.54, 1.807) is 36.4 Å². The third-order valence-corrected chi connectivity index (χ3v) is 4.77. The number of benzene rings is 2. The molecule has 2 aromatic rings. The summed E-state index contributed by atoms with van der Waals surface area (Å²) in [5, 5.41) is 3.00. The van der Waals surface area contributed by atoms with Crippen molar-refractivity contribution >= 4 is 51.6 Å². The maximum absolute atomic E-state index is 12.1. The van der Waals surface area contributed by atoms with Crippen LogP contribution in [0, 0.1) is 0 Å². The minimum Gasteiger partial charge on any atom is -0.452 e. The third-order valence-electron chi connectivity index (χ3n) is 2.98. The van der Waals surface area contributed by atoms with Crippen LogP contribution in [0.4, 0.5) is 5.69 Å². The van der Waals surface area contributed by atoms with Crippen LogP contribution >= 0.6 is 23.2 Å². The predicted octanol–water partition coefficient (Wildman–Crippen LogP) is 3.53. The molecule has 0 bridgehead atoms. The van der Waals surface area contributed by atoms with Crippen molar-refractivity contribution in [2.45, 2.75) is 4.90 Å². The van der Waals surface area contributed by atoms with Crippen LogP contribution in [-0.4, -0.2) is 28.9 Å². The van der Waals surface area contributed by atoms with Crippen LogP contribution in [0.5, 0.6) is 0 Å². The Balaban J connectivity index is 2.01. The minimum absolute atomic E-state index is 0.159. The molecule has 126 valence electrons. The van der Waals surface area contributed by atoms with Crippen molar-refractivity contribution < 1.29 is 18.5 Å². The van der Waals surface area contributed by atoms with Gasteiger partial charge in [0.25, 0.3) is 5.91 Å². The van der Waals surface area contributed by atoms with Crippen molar-refractivity contribution in [3.8, 4) is 0 Å². The monoisotopic (exact) mass is 385 g/mol. The van der Waals surface area contributed by atoms with Gasteiger partial charge < -0.3 is 10.1 Å². The van der Waals surface area contributed by atoms with E-state index in [1.165, 1.54) is 12.3 Å². The number of rotatable bonds is 5. The van der Waals surface area contributed by atoms with Gasteiger partial charge in [-0.15, -0.1) is 0 Å². The normalized spacial score (nSPS) is 11.6. The van der Waals surface area contributed by atoms with Crippen LogP contribution < -0.4 is 5.32 Å². The third kappa shape index (κ3) is 4.56. The summed E-state index contributed by atoms with van der Waals surface area (Å²) in [6, 6.07) is 11.1. The maximum atomic E-state index is 12.1. The van der Waals surface area contributed by atoms with Gasteiger partial charge in [-0.1, -0.05) is 41.4 Å². The second-order valence-corrected chi connectivity index (χ2v) is 6.81. The first-order valence-corrected chi connectivity index (χ1v) is 9.05. The van der Waals surface area contributed by atoms with Crippen molar-refractivity contribution in [2.75, 3.05) is 18.2 Å². The van der Waals surface area contributed by atoms with E-state index in [0.717, 1.165) is 0 Å². The molecule has 8 heteroatoms. The molecule has 0 aliphatic heterocycles. The number of ether oxygens (including phenoxy) is 1. The Labute approximate surface area is 151 Å². The Bertz CT molecular complexity index is 810. The molecule has 0 radical (unpaired) electrons. The SMILES string of the molecule is C[S@@](=O)c1ccccc1C(=O)OCC(=O)Nc1cccc(Cl)c1Cl. The number of carbonyl (C=O) groups is 2. The summed E-state index contributed by atoms with van der Waals surface area (Å²) in [5.41, 5.74) is 0.479. The highest BCUT2D eigenvalue weighted by Gasteiger charge is 2.16. The van der Waals surface area contributed by atoms with E-state index < -0.39 is 29.3 Å². The summed E-state index contributed by atoms with van der Waals surface area (Å²) < 4.78 is 16.6. The lowest BCUT2D eigenvalue weighted by molar-refractivity contribution is -0.119. The predicted molar refractivity (Wildman–Crippen MR) is 94.1 cm³/mol. The molecule has 1 amide bonds. The van der Waals surface area contributed by atoms with E-state index >= 15 is 0 Å². The molecule has 0 aliphatic rings. The first kappa shape index (κ1) is 18.4. The van der Waals surface area contributed by atoms with Crippen LogP contribution in [0.15, 0.2) is 47.4 Å². The lowest BCUT2D eigenvalue weighted by Gasteiger charge is -2.10. The van der Waals surface area contributed by atoms with Crippen LogP contribution in [0.25, 0.3) is 0 Å². The number of esters is 1. The lowest BCUT2D eigenvalue weighted by Crippen LogP contribution is -2.21. The number of carbonyl (C=O) groups excluding carboxylic acids is 2. The fourth-order valence-electron chi connectivity index (χ4n) is 1.88. The molecule has 1 N–H and O–H groups in total. The standard InChI is InChI=1S/C16H13Cl2NO4S/c1-24(22)13-8-3-2-5-10(13)16(21)23-9-14(20)19-12-7-4-6-11(17)15(12)18/h2-8H,9H2,1H3,(H,19,20)/t24-/m1/s1. The Kier molecular flexibility index (Phi) is 6.36. The molecule has 0 spiro atoms. The maximum Gasteiger partial charge on any atom is 0.339 e.